The van der Waals surface area contributed by atoms with E-state index in [0.29, 0.717) is 13.1 Å². The van der Waals surface area contributed by atoms with Gasteiger partial charge in [-0.25, -0.2) is 0 Å². The Bertz CT molecular complexity index is 478. The third kappa shape index (κ3) is 10.2. The van der Waals surface area contributed by atoms with Crippen LogP contribution in [0.25, 0.3) is 0 Å². The van der Waals surface area contributed by atoms with E-state index in [4.69, 9.17) is 13.3 Å². The average molecular weight is 438 g/mol. The summed E-state index contributed by atoms with van der Waals surface area (Å²) in [4.78, 5) is 24.8. The predicted octanol–water partition coefficient (Wildman–Crippen LogP) is 2.80. The van der Waals surface area contributed by atoms with Crippen LogP contribution >= 0.6 is 0 Å². The number of likely N-dealkylation sites (tertiary alicyclic amines) is 1. The Morgan fingerprint density at radius 2 is 1.73 bits per heavy atom. The zero-order valence-corrected chi connectivity index (χ0v) is 22.6. The number of carbonyl (C=O) groups is 2. The lowest BCUT2D eigenvalue weighted by atomic mass is 10.1. The van der Waals surface area contributed by atoms with Crippen LogP contribution in [-0.2, 0) is 17.8 Å². The van der Waals surface area contributed by atoms with Gasteiger partial charge in [0, 0.05) is 25.6 Å². The van der Waals surface area contributed by atoms with Gasteiger partial charge in [0.05, 0.1) is 13.5 Å². The maximum Gasteiger partial charge on any atom is 0.315 e. The molecule has 1 aliphatic rings. The van der Waals surface area contributed by atoms with Gasteiger partial charge in [-0.15, -0.1) is 0 Å². The van der Waals surface area contributed by atoms with Crippen LogP contribution in [0, 0.1) is 5.92 Å². The number of nitrogens with zero attached hydrogens (tertiary/aromatic N) is 1. The van der Waals surface area contributed by atoms with Crippen LogP contribution in [0.3, 0.4) is 0 Å². The average Bonchev–Trinajstić information content (AvgIpc) is 2.85. The van der Waals surface area contributed by atoms with Crippen LogP contribution in [0.5, 0.6) is 0 Å². The lowest BCUT2D eigenvalue weighted by Crippen LogP contribution is -2.52. The van der Waals surface area contributed by atoms with Crippen molar-refractivity contribution in [3.8, 4) is 0 Å². The minimum absolute atomic E-state index is 0.0609. The first-order valence-corrected chi connectivity index (χ1v) is 21.9. The summed E-state index contributed by atoms with van der Waals surface area (Å²) in [5, 5.41) is 9.10. The van der Waals surface area contributed by atoms with E-state index in [-0.39, 0.29) is 12.3 Å². The maximum absolute atomic E-state index is 12.0. The van der Waals surface area contributed by atoms with E-state index in [2.05, 4.69) is 45.8 Å². The number of carboxylic acids is 1. The molecule has 0 spiro atoms. The van der Waals surface area contributed by atoms with Crippen molar-refractivity contribution >= 4 is 45.6 Å². The van der Waals surface area contributed by atoms with E-state index in [1.165, 1.54) is 0 Å². The van der Waals surface area contributed by atoms with Crippen molar-refractivity contribution in [3.05, 3.63) is 0 Å². The lowest BCUT2D eigenvalue weighted by Gasteiger charge is -2.36. The van der Waals surface area contributed by atoms with Crippen molar-refractivity contribution < 1.29 is 22.9 Å². The van der Waals surface area contributed by atoms with Crippen molar-refractivity contribution in [2.75, 3.05) is 13.1 Å². The Hall–Kier alpha value is -0.272. The molecule has 0 radical (unpaired) electrons. The Kier molecular flexibility index (Phi) is 10.2. The Labute approximate surface area is 164 Å². The number of amides is 1. The summed E-state index contributed by atoms with van der Waals surface area (Å²) in [7, 11) is -5.88. The molecule has 0 aromatic carbocycles. The summed E-state index contributed by atoms with van der Waals surface area (Å²) < 4.78 is 12.9. The summed E-state index contributed by atoms with van der Waals surface area (Å²) in [6.07, 6.45) is 0.118. The molecule has 1 fully saturated rings. The van der Waals surface area contributed by atoms with Crippen molar-refractivity contribution in [3.63, 3.8) is 0 Å². The van der Waals surface area contributed by atoms with Crippen molar-refractivity contribution in [2.24, 2.45) is 5.92 Å². The molecule has 0 bridgehead atoms. The number of hydrogen-bond acceptors (Lipinski definition) is 4. The molecule has 6 nitrogen and oxygen atoms in total. The molecule has 0 saturated carbocycles. The molecule has 1 heterocycles. The van der Waals surface area contributed by atoms with Crippen molar-refractivity contribution in [1.29, 1.82) is 0 Å². The van der Waals surface area contributed by atoms with E-state index < -0.39 is 45.6 Å². The van der Waals surface area contributed by atoms with Gasteiger partial charge in [-0.05, 0) is 26.2 Å². The highest BCUT2D eigenvalue weighted by Gasteiger charge is 2.40. The van der Waals surface area contributed by atoms with Crippen LogP contribution in [0.4, 0.5) is 0 Å². The molecule has 1 aliphatic heterocycles. The smallest absolute Gasteiger partial charge is 0.315 e. The second kappa shape index (κ2) is 10.3. The van der Waals surface area contributed by atoms with Crippen LogP contribution < -0.4 is 0 Å². The number of carbonyl (C=O) groups excluding carboxylic acids is 1. The second-order valence-electron chi connectivity index (χ2n) is 9.03. The number of rotatable bonds is 9. The fourth-order valence-corrected chi connectivity index (χ4v) is 19.9. The molecular weight excluding hydrogens is 399 g/mol. The molecule has 26 heavy (non-hydrogen) atoms. The molecule has 1 saturated heterocycles. The molecule has 0 aromatic heterocycles. The first-order valence-electron chi connectivity index (χ1n) is 9.55. The zero-order valence-electron chi connectivity index (χ0n) is 18.1. The summed E-state index contributed by atoms with van der Waals surface area (Å²) in [6, 6.07) is 0.729. The number of hydrogen-bond donors (Lipinski definition) is 1. The highest BCUT2D eigenvalue weighted by atomic mass is 29.2. The van der Waals surface area contributed by atoms with Crippen LogP contribution in [0.2, 0.25) is 51.9 Å². The first-order chi connectivity index (χ1) is 11.7. The van der Waals surface area contributed by atoms with Crippen LogP contribution in [-0.4, -0.2) is 68.7 Å². The van der Waals surface area contributed by atoms with Crippen LogP contribution in [0.15, 0.2) is 0 Å². The minimum Gasteiger partial charge on any atom is -0.481 e. The molecule has 0 aliphatic carbocycles. The predicted molar refractivity (Wildman–Crippen MR) is 118 cm³/mol. The van der Waals surface area contributed by atoms with Gasteiger partial charge < -0.3 is 18.2 Å². The van der Waals surface area contributed by atoms with Gasteiger partial charge in [-0.1, -0.05) is 33.5 Å². The van der Waals surface area contributed by atoms with Crippen LogP contribution in [0.1, 0.15) is 20.3 Å². The summed E-state index contributed by atoms with van der Waals surface area (Å²) in [5.74, 6) is -1.51. The number of aliphatic carboxylic acids is 1. The maximum atomic E-state index is 12.0. The number of carboxylic acid groups (broad SMARTS) is 1. The Morgan fingerprint density at radius 3 is 2.12 bits per heavy atom. The standard InChI is InChI=1S/C14H33NO5Si4.C2H6/c1-22(2,3)20-24(7,19-21-23(4,5)6)9-8-15-11-12(14(17)18)10-13(15)16;1-2/h12H,8-11,21H2,1-7H3,(H,17,18);1-2H3. The fraction of sp³-hybridized carbons (Fsp3) is 0.875. The molecule has 1 rings (SSSR count). The molecular formula is C16H39NO5Si4. The molecule has 154 valence electrons. The molecule has 2 unspecified atom stereocenters. The van der Waals surface area contributed by atoms with E-state index in [9.17, 15) is 9.59 Å². The monoisotopic (exact) mass is 437 g/mol. The second-order valence-corrected chi connectivity index (χ2v) is 30.6. The van der Waals surface area contributed by atoms with Crippen molar-refractivity contribution in [2.45, 2.75) is 72.1 Å². The molecule has 2 atom stereocenters. The van der Waals surface area contributed by atoms with Gasteiger partial charge in [-0.2, -0.15) is 0 Å². The van der Waals surface area contributed by atoms with Gasteiger partial charge in [0.1, 0.15) is 9.28 Å². The molecule has 1 N–H and O–H groups in total. The Balaban J connectivity index is 0.00000301. The minimum atomic E-state index is -2.32. The third-order valence-corrected chi connectivity index (χ3v) is 16.8. The highest BCUT2D eigenvalue weighted by molar-refractivity contribution is 7.22. The van der Waals surface area contributed by atoms with E-state index >= 15 is 0 Å². The van der Waals surface area contributed by atoms with Gasteiger partial charge >= 0.3 is 14.5 Å². The quantitative estimate of drug-likeness (QED) is 0.561. The van der Waals surface area contributed by atoms with Gasteiger partial charge in [0.25, 0.3) is 0 Å². The molecule has 0 aromatic rings. The molecule has 1 amide bonds. The Morgan fingerprint density at radius 1 is 1.19 bits per heavy atom. The summed E-state index contributed by atoms with van der Waals surface area (Å²) in [5.41, 5.74) is 0. The van der Waals surface area contributed by atoms with Crippen molar-refractivity contribution in [1.82, 2.24) is 4.90 Å². The van der Waals surface area contributed by atoms with Gasteiger partial charge in [-0.3, -0.25) is 9.59 Å². The topological polar surface area (TPSA) is 76.1 Å². The largest absolute Gasteiger partial charge is 0.481 e. The summed E-state index contributed by atoms with van der Waals surface area (Å²) in [6.45, 7) is 20.5. The van der Waals surface area contributed by atoms with Gasteiger partial charge in [0.2, 0.25) is 5.91 Å². The summed E-state index contributed by atoms with van der Waals surface area (Å²) >= 11 is 0. The fourth-order valence-electron chi connectivity index (χ4n) is 2.66. The zero-order chi connectivity index (χ0) is 20.8. The first kappa shape index (κ1) is 25.7. The van der Waals surface area contributed by atoms with E-state index in [1.54, 1.807) is 4.90 Å². The van der Waals surface area contributed by atoms with E-state index in [1.807, 2.05) is 13.8 Å². The van der Waals surface area contributed by atoms with Gasteiger partial charge in [0.15, 0.2) is 8.32 Å². The normalized spacial score (nSPS) is 20.9. The third-order valence-electron chi connectivity index (χ3n) is 3.73. The highest BCUT2D eigenvalue weighted by Crippen LogP contribution is 2.24. The van der Waals surface area contributed by atoms with E-state index in [0.717, 1.165) is 6.04 Å². The SMILES string of the molecule is CC.C[Si](C)(C)O[Si](C)(CCN1CC(C(=O)O)CC1=O)O[SiH2][Si](C)(C)C. The lowest BCUT2D eigenvalue weighted by molar-refractivity contribution is -0.141. The molecule has 10 heteroatoms.